The number of aromatic nitrogens is 4. The fourth-order valence-corrected chi connectivity index (χ4v) is 4.41. The van der Waals surface area contributed by atoms with Crippen LogP contribution in [-0.2, 0) is 11.8 Å². The molecule has 8 nitrogen and oxygen atoms in total. The first-order valence-electron chi connectivity index (χ1n) is 10.9. The predicted molar refractivity (Wildman–Crippen MR) is 115 cm³/mol. The summed E-state index contributed by atoms with van der Waals surface area (Å²) in [6.07, 6.45) is 4.84. The van der Waals surface area contributed by atoms with Gasteiger partial charge in [0.05, 0.1) is 12.2 Å². The topological polar surface area (TPSA) is 80.3 Å². The Hall–Kier alpha value is -3.00. The van der Waals surface area contributed by atoms with Crippen molar-refractivity contribution in [3.63, 3.8) is 0 Å². The smallest absolute Gasteiger partial charge is 0.244 e. The number of carbonyl (C=O) groups is 1. The summed E-state index contributed by atoms with van der Waals surface area (Å²) in [5, 5.41) is 8.39. The van der Waals surface area contributed by atoms with E-state index in [2.05, 4.69) is 34.0 Å². The van der Waals surface area contributed by atoms with Crippen LogP contribution in [0.2, 0.25) is 0 Å². The molecule has 1 aromatic carbocycles. The van der Waals surface area contributed by atoms with E-state index in [9.17, 15) is 4.79 Å². The van der Waals surface area contributed by atoms with E-state index in [0.29, 0.717) is 17.6 Å². The highest BCUT2D eigenvalue weighted by atomic mass is 16.5. The van der Waals surface area contributed by atoms with Gasteiger partial charge in [-0.1, -0.05) is 35.0 Å². The minimum Gasteiger partial charge on any atom is -0.340 e. The van der Waals surface area contributed by atoms with Gasteiger partial charge in [-0.05, 0) is 31.7 Å². The zero-order valence-electron chi connectivity index (χ0n) is 18.2. The maximum absolute atomic E-state index is 12.9. The van der Waals surface area contributed by atoms with Gasteiger partial charge >= 0.3 is 0 Å². The highest BCUT2D eigenvalue weighted by Gasteiger charge is 2.46. The second-order valence-electron chi connectivity index (χ2n) is 8.76. The van der Waals surface area contributed by atoms with E-state index in [-0.39, 0.29) is 17.9 Å². The molecule has 3 atom stereocenters. The molecule has 2 fully saturated rings. The van der Waals surface area contributed by atoms with Gasteiger partial charge in [0.1, 0.15) is 0 Å². The van der Waals surface area contributed by atoms with Gasteiger partial charge in [0, 0.05) is 50.9 Å². The van der Waals surface area contributed by atoms with Crippen LogP contribution in [-0.4, -0.2) is 61.8 Å². The summed E-state index contributed by atoms with van der Waals surface area (Å²) >= 11 is 0. The first-order chi connectivity index (χ1) is 15.0. The first-order valence-corrected chi connectivity index (χ1v) is 10.9. The summed E-state index contributed by atoms with van der Waals surface area (Å²) in [5.74, 6) is 1.96. The Labute approximate surface area is 181 Å². The molecule has 1 saturated heterocycles. The summed E-state index contributed by atoms with van der Waals surface area (Å²) in [6, 6.07) is 8.13. The minimum atomic E-state index is 0.0213. The molecule has 0 radical (unpaired) electrons. The van der Waals surface area contributed by atoms with Crippen molar-refractivity contribution in [3.05, 3.63) is 53.7 Å². The van der Waals surface area contributed by atoms with Crippen molar-refractivity contribution in [3.8, 4) is 11.4 Å². The summed E-state index contributed by atoms with van der Waals surface area (Å²) in [6.45, 7) is 7.22. The number of hydrogen-bond donors (Lipinski definition) is 0. The third-order valence-electron chi connectivity index (χ3n) is 6.54. The van der Waals surface area contributed by atoms with Crippen LogP contribution in [0.1, 0.15) is 42.3 Å². The van der Waals surface area contributed by atoms with Crippen molar-refractivity contribution in [2.45, 2.75) is 32.2 Å². The maximum atomic E-state index is 12.9. The largest absolute Gasteiger partial charge is 0.340 e. The number of carbonyl (C=O) groups excluding carboxylic acids is 1. The molecular weight excluding hydrogens is 392 g/mol. The second-order valence-corrected chi connectivity index (χ2v) is 8.76. The predicted octanol–water partition coefficient (Wildman–Crippen LogP) is 2.79. The van der Waals surface area contributed by atoms with Crippen molar-refractivity contribution in [1.82, 2.24) is 29.7 Å². The van der Waals surface area contributed by atoms with Gasteiger partial charge in [-0.25, -0.2) is 0 Å². The Balaban J connectivity index is 1.16. The fourth-order valence-electron chi connectivity index (χ4n) is 4.41. The Morgan fingerprint density at radius 1 is 1.16 bits per heavy atom. The third kappa shape index (κ3) is 3.99. The molecule has 2 aromatic heterocycles. The van der Waals surface area contributed by atoms with Crippen LogP contribution < -0.4 is 0 Å². The van der Waals surface area contributed by atoms with Crippen molar-refractivity contribution in [1.29, 1.82) is 0 Å². The molecule has 31 heavy (non-hydrogen) atoms. The van der Waals surface area contributed by atoms with Crippen LogP contribution in [0, 0.1) is 12.8 Å². The highest BCUT2D eigenvalue weighted by molar-refractivity contribution is 5.83. The molecule has 3 heterocycles. The zero-order valence-corrected chi connectivity index (χ0v) is 18.2. The van der Waals surface area contributed by atoms with Crippen LogP contribution in [0.15, 0.2) is 41.2 Å². The highest BCUT2D eigenvalue weighted by Crippen LogP contribution is 2.48. The number of amides is 1. The molecular formula is C23H28N6O2. The van der Waals surface area contributed by atoms with Crippen LogP contribution >= 0.6 is 0 Å². The molecule has 1 aliphatic carbocycles. The lowest BCUT2D eigenvalue weighted by Gasteiger charge is -2.37. The first kappa shape index (κ1) is 19.9. The van der Waals surface area contributed by atoms with Gasteiger partial charge in [0.2, 0.25) is 17.6 Å². The van der Waals surface area contributed by atoms with Gasteiger partial charge in [0.15, 0.2) is 0 Å². The SMILES string of the molecule is Cc1ccc(-c2noc([C@H](C)N3CCN(C(=O)[C@H]4C[C@@H]4c4cnn(C)c4)CC3)n2)cc1. The lowest BCUT2D eigenvalue weighted by molar-refractivity contribution is -0.134. The molecule has 0 spiro atoms. The average Bonchev–Trinajstić information content (AvgIpc) is 3.21. The second kappa shape index (κ2) is 7.92. The molecule has 0 N–H and O–H groups in total. The van der Waals surface area contributed by atoms with E-state index in [1.165, 1.54) is 11.1 Å². The minimum absolute atomic E-state index is 0.0213. The molecule has 0 bridgehead atoms. The molecule has 162 valence electrons. The molecule has 1 aliphatic heterocycles. The molecule has 8 heteroatoms. The summed E-state index contributed by atoms with van der Waals surface area (Å²) in [4.78, 5) is 21.9. The summed E-state index contributed by atoms with van der Waals surface area (Å²) in [5.41, 5.74) is 3.33. The Morgan fingerprint density at radius 2 is 1.90 bits per heavy atom. The number of rotatable bonds is 5. The number of benzene rings is 1. The standard InChI is InChI=1S/C23H28N6O2/c1-15-4-6-17(7-5-15)21-25-22(31-26-21)16(2)28-8-10-29(11-9-28)23(30)20-12-19(20)18-13-24-27(3)14-18/h4-7,13-14,16,19-20H,8-12H2,1-3H3/t16-,19+,20-/m0/s1. The van der Waals surface area contributed by atoms with Gasteiger partial charge in [-0.15, -0.1) is 0 Å². The van der Waals surface area contributed by atoms with E-state index < -0.39 is 0 Å². The van der Waals surface area contributed by atoms with E-state index in [0.717, 1.165) is 38.2 Å². The summed E-state index contributed by atoms with van der Waals surface area (Å²) < 4.78 is 7.36. The van der Waals surface area contributed by atoms with Crippen LogP contribution in [0.4, 0.5) is 0 Å². The van der Waals surface area contributed by atoms with E-state index in [1.807, 2.05) is 48.6 Å². The molecule has 3 aromatic rings. The van der Waals surface area contributed by atoms with Crippen molar-refractivity contribution in [2.75, 3.05) is 26.2 Å². The molecule has 0 unspecified atom stereocenters. The average molecular weight is 421 g/mol. The monoisotopic (exact) mass is 420 g/mol. The Bertz CT molecular complexity index is 1060. The van der Waals surface area contributed by atoms with Gasteiger partial charge in [-0.3, -0.25) is 14.4 Å². The number of nitrogens with zero attached hydrogens (tertiary/aromatic N) is 6. The molecule has 5 rings (SSSR count). The van der Waals surface area contributed by atoms with Crippen LogP contribution in [0.3, 0.4) is 0 Å². The van der Waals surface area contributed by atoms with Crippen LogP contribution in [0.25, 0.3) is 11.4 Å². The molecule has 1 saturated carbocycles. The van der Waals surface area contributed by atoms with Gasteiger partial charge in [0.25, 0.3) is 0 Å². The normalized spacial score (nSPS) is 22.5. The number of piperazine rings is 1. The van der Waals surface area contributed by atoms with Crippen molar-refractivity contribution in [2.24, 2.45) is 13.0 Å². The third-order valence-corrected chi connectivity index (χ3v) is 6.54. The van der Waals surface area contributed by atoms with Gasteiger partial charge in [-0.2, -0.15) is 10.1 Å². The van der Waals surface area contributed by atoms with Crippen molar-refractivity contribution >= 4 is 5.91 Å². The van der Waals surface area contributed by atoms with Gasteiger partial charge < -0.3 is 9.42 Å². The van der Waals surface area contributed by atoms with Crippen molar-refractivity contribution < 1.29 is 9.32 Å². The van der Waals surface area contributed by atoms with Crippen LogP contribution in [0.5, 0.6) is 0 Å². The molecule has 1 amide bonds. The Kier molecular flexibility index (Phi) is 5.09. The lowest BCUT2D eigenvalue weighted by Crippen LogP contribution is -2.49. The van der Waals surface area contributed by atoms with E-state index in [4.69, 9.17) is 4.52 Å². The maximum Gasteiger partial charge on any atom is 0.244 e. The van der Waals surface area contributed by atoms with E-state index >= 15 is 0 Å². The van der Waals surface area contributed by atoms with E-state index in [1.54, 1.807) is 4.68 Å². The lowest BCUT2D eigenvalue weighted by atomic mass is 10.1. The molecule has 2 aliphatic rings. The number of hydrogen-bond acceptors (Lipinski definition) is 6. The number of aryl methyl sites for hydroxylation is 2. The zero-order chi connectivity index (χ0) is 21.5. The fraction of sp³-hybridized carbons (Fsp3) is 0.478. The Morgan fingerprint density at radius 3 is 2.58 bits per heavy atom. The quantitative estimate of drug-likeness (QED) is 0.631. The summed E-state index contributed by atoms with van der Waals surface area (Å²) in [7, 11) is 1.91.